The molecule has 0 spiro atoms. The van der Waals surface area contributed by atoms with Crippen LogP contribution in [0.3, 0.4) is 0 Å². The molecule has 0 bridgehead atoms. The minimum atomic E-state index is -0.0759. The molecule has 138 valence electrons. The van der Waals surface area contributed by atoms with Crippen LogP contribution in [0.5, 0.6) is 5.75 Å². The Morgan fingerprint density at radius 1 is 1.19 bits per heavy atom. The van der Waals surface area contributed by atoms with E-state index in [9.17, 15) is 4.79 Å². The zero-order chi connectivity index (χ0) is 18.4. The van der Waals surface area contributed by atoms with Gasteiger partial charge in [0.15, 0.2) is 0 Å². The van der Waals surface area contributed by atoms with Crippen LogP contribution >= 0.6 is 0 Å². The van der Waals surface area contributed by atoms with E-state index in [1.807, 2.05) is 56.3 Å². The summed E-state index contributed by atoms with van der Waals surface area (Å²) in [7, 11) is 0. The Labute approximate surface area is 154 Å². The first-order valence-corrected chi connectivity index (χ1v) is 9.06. The average molecular weight is 354 g/mol. The number of hydrogen-bond acceptors (Lipinski definition) is 4. The number of rotatable bonds is 7. The van der Waals surface area contributed by atoms with E-state index in [1.165, 1.54) is 0 Å². The Hall–Kier alpha value is -2.53. The van der Waals surface area contributed by atoms with E-state index < -0.39 is 0 Å². The summed E-state index contributed by atoms with van der Waals surface area (Å²) in [5.41, 5.74) is 3.85. The lowest BCUT2D eigenvalue weighted by Gasteiger charge is -2.14. The fourth-order valence-corrected chi connectivity index (χ4v) is 3.04. The summed E-state index contributed by atoms with van der Waals surface area (Å²) < 4.78 is 11.4. The van der Waals surface area contributed by atoms with Gasteiger partial charge in [-0.2, -0.15) is 0 Å². The van der Waals surface area contributed by atoms with Crippen molar-refractivity contribution in [1.82, 2.24) is 0 Å². The maximum absolute atomic E-state index is 12.3. The monoisotopic (exact) mass is 354 g/mol. The summed E-state index contributed by atoms with van der Waals surface area (Å²) in [6.45, 7) is 5.57. The van der Waals surface area contributed by atoms with Crippen molar-refractivity contribution < 1.29 is 14.3 Å². The quantitative estimate of drug-likeness (QED) is 0.791. The van der Waals surface area contributed by atoms with Crippen molar-refractivity contribution in [2.75, 3.05) is 30.4 Å². The molecule has 1 saturated heterocycles. The second-order valence-corrected chi connectivity index (χ2v) is 6.64. The van der Waals surface area contributed by atoms with E-state index in [0.29, 0.717) is 6.61 Å². The Morgan fingerprint density at radius 2 is 1.96 bits per heavy atom. The van der Waals surface area contributed by atoms with Crippen LogP contribution in [0, 0.1) is 13.8 Å². The minimum absolute atomic E-state index is 0.0759. The van der Waals surface area contributed by atoms with Gasteiger partial charge < -0.3 is 20.1 Å². The summed E-state index contributed by atoms with van der Waals surface area (Å²) >= 11 is 0. The molecule has 5 nitrogen and oxygen atoms in total. The number of anilines is 2. The first-order chi connectivity index (χ1) is 12.6. The molecule has 1 heterocycles. The summed E-state index contributed by atoms with van der Waals surface area (Å²) in [5, 5.41) is 6.13. The Bertz CT molecular complexity index is 734. The van der Waals surface area contributed by atoms with Crippen molar-refractivity contribution in [2.45, 2.75) is 32.8 Å². The average Bonchev–Trinajstić information content (AvgIpc) is 3.15. The van der Waals surface area contributed by atoms with Crippen molar-refractivity contribution in [1.29, 1.82) is 0 Å². The van der Waals surface area contributed by atoms with Gasteiger partial charge in [-0.1, -0.05) is 24.3 Å². The molecule has 1 amide bonds. The Morgan fingerprint density at radius 3 is 2.69 bits per heavy atom. The van der Waals surface area contributed by atoms with Gasteiger partial charge in [0.25, 0.3) is 0 Å². The molecule has 1 fully saturated rings. The van der Waals surface area contributed by atoms with E-state index in [4.69, 9.17) is 9.47 Å². The highest BCUT2D eigenvalue weighted by Gasteiger charge is 2.16. The molecule has 1 aliphatic rings. The third-order valence-corrected chi connectivity index (χ3v) is 4.49. The molecule has 0 saturated carbocycles. The molecule has 1 aliphatic heterocycles. The molecule has 5 heteroatoms. The molecule has 2 aromatic rings. The topological polar surface area (TPSA) is 59.6 Å². The van der Waals surface area contributed by atoms with Gasteiger partial charge in [0.05, 0.1) is 12.6 Å². The fraction of sp³-hybridized carbons (Fsp3) is 0.381. The summed E-state index contributed by atoms with van der Waals surface area (Å²) in [6, 6.07) is 13.6. The minimum Gasteiger partial charge on any atom is -0.491 e. The highest BCUT2D eigenvalue weighted by atomic mass is 16.5. The van der Waals surface area contributed by atoms with Crippen molar-refractivity contribution in [2.24, 2.45) is 0 Å². The fourth-order valence-electron chi connectivity index (χ4n) is 3.04. The zero-order valence-electron chi connectivity index (χ0n) is 15.4. The van der Waals surface area contributed by atoms with Gasteiger partial charge in [0.2, 0.25) is 5.91 Å². The molecule has 0 radical (unpaired) electrons. The lowest BCUT2D eigenvalue weighted by Crippen LogP contribution is -2.22. The number of para-hydroxylation sites is 1. The molecule has 1 unspecified atom stereocenters. The maximum Gasteiger partial charge on any atom is 0.243 e. The van der Waals surface area contributed by atoms with Gasteiger partial charge in [0.1, 0.15) is 12.4 Å². The van der Waals surface area contributed by atoms with Gasteiger partial charge in [-0.15, -0.1) is 0 Å². The SMILES string of the molecule is Cc1cccc(C)c1NC(=O)CNc1cccc(OCC2CCCO2)c1. The third-order valence-electron chi connectivity index (χ3n) is 4.49. The van der Waals surface area contributed by atoms with Gasteiger partial charge in [0, 0.05) is 24.0 Å². The summed E-state index contributed by atoms with van der Waals surface area (Å²) in [4.78, 5) is 12.3. The number of benzene rings is 2. The Balaban J connectivity index is 1.50. The largest absolute Gasteiger partial charge is 0.491 e. The van der Waals surface area contributed by atoms with E-state index >= 15 is 0 Å². The van der Waals surface area contributed by atoms with Crippen LogP contribution in [0.1, 0.15) is 24.0 Å². The van der Waals surface area contributed by atoms with Crippen LogP contribution in [0.25, 0.3) is 0 Å². The van der Waals surface area contributed by atoms with Crippen LogP contribution in [-0.2, 0) is 9.53 Å². The smallest absolute Gasteiger partial charge is 0.243 e. The van der Waals surface area contributed by atoms with Crippen LogP contribution in [0.15, 0.2) is 42.5 Å². The summed E-state index contributed by atoms with van der Waals surface area (Å²) in [6.07, 6.45) is 2.34. The second kappa shape index (κ2) is 8.72. The predicted octanol–water partition coefficient (Wildman–Crippen LogP) is 3.91. The molecular formula is C21H26N2O3. The normalized spacial score (nSPS) is 16.3. The van der Waals surface area contributed by atoms with Crippen molar-refractivity contribution in [3.63, 3.8) is 0 Å². The molecule has 2 N–H and O–H groups in total. The van der Waals surface area contributed by atoms with Crippen LogP contribution in [0.4, 0.5) is 11.4 Å². The first kappa shape index (κ1) is 18.3. The first-order valence-electron chi connectivity index (χ1n) is 9.06. The Kier molecular flexibility index (Phi) is 6.12. The molecule has 3 rings (SSSR count). The summed E-state index contributed by atoms with van der Waals surface area (Å²) in [5.74, 6) is 0.703. The standard InChI is InChI=1S/C21H26N2O3/c1-15-6-3-7-16(2)21(15)23-20(24)13-22-17-8-4-9-18(12-17)26-14-19-10-5-11-25-19/h3-4,6-9,12,19,22H,5,10-11,13-14H2,1-2H3,(H,23,24). The van der Waals surface area contributed by atoms with Crippen LogP contribution in [0.2, 0.25) is 0 Å². The lowest BCUT2D eigenvalue weighted by molar-refractivity contribution is -0.114. The van der Waals surface area contributed by atoms with Crippen molar-refractivity contribution >= 4 is 17.3 Å². The molecule has 26 heavy (non-hydrogen) atoms. The number of carbonyl (C=O) groups excluding carboxylic acids is 1. The second-order valence-electron chi connectivity index (χ2n) is 6.64. The highest BCUT2D eigenvalue weighted by molar-refractivity contribution is 5.95. The van der Waals surface area contributed by atoms with Crippen molar-refractivity contribution in [3.8, 4) is 5.75 Å². The number of nitrogens with one attached hydrogen (secondary N) is 2. The van der Waals surface area contributed by atoms with Gasteiger partial charge in [-0.25, -0.2) is 0 Å². The van der Waals surface area contributed by atoms with Gasteiger partial charge >= 0.3 is 0 Å². The molecule has 2 aromatic carbocycles. The zero-order valence-corrected chi connectivity index (χ0v) is 15.4. The van der Waals surface area contributed by atoms with Gasteiger partial charge in [-0.05, 0) is 49.9 Å². The predicted molar refractivity (Wildman–Crippen MR) is 104 cm³/mol. The number of ether oxygens (including phenoxy) is 2. The molecular weight excluding hydrogens is 328 g/mol. The van der Waals surface area contributed by atoms with Crippen molar-refractivity contribution in [3.05, 3.63) is 53.6 Å². The molecule has 1 atom stereocenters. The van der Waals surface area contributed by atoms with Gasteiger partial charge in [-0.3, -0.25) is 4.79 Å². The van der Waals surface area contributed by atoms with E-state index in [0.717, 1.165) is 47.7 Å². The maximum atomic E-state index is 12.3. The van der Waals surface area contributed by atoms with E-state index in [1.54, 1.807) is 0 Å². The third kappa shape index (κ3) is 4.99. The van der Waals surface area contributed by atoms with Crippen LogP contribution < -0.4 is 15.4 Å². The van der Waals surface area contributed by atoms with E-state index in [2.05, 4.69) is 10.6 Å². The van der Waals surface area contributed by atoms with Crippen LogP contribution in [-0.4, -0.2) is 31.8 Å². The van der Waals surface area contributed by atoms with E-state index in [-0.39, 0.29) is 18.6 Å². The molecule has 0 aromatic heterocycles. The number of amides is 1. The highest BCUT2D eigenvalue weighted by Crippen LogP contribution is 2.21. The number of aryl methyl sites for hydroxylation is 2. The lowest BCUT2D eigenvalue weighted by atomic mass is 10.1. The molecule has 0 aliphatic carbocycles. The number of carbonyl (C=O) groups is 1. The number of hydrogen-bond donors (Lipinski definition) is 2.